The Morgan fingerprint density at radius 1 is 1.31 bits per heavy atom. The van der Waals surface area contributed by atoms with Gasteiger partial charge in [-0.2, -0.15) is 0 Å². The predicted octanol–water partition coefficient (Wildman–Crippen LogP) is 3.58. The molecule has 0 saturated carbocycles. The Kier molecular flexibility index (Phi) is 5.20. The van der Waals surface area contributed by atoms with Crippen LogP contribution in [0.15, 0.2) is 36.9 Å². The number of rotatable bonds is 5. The summed E-state index contributed by atoms with van der Waals surface area (Å²) in [7, 11) is 0. The third kappa shape index (κ3) is 3.98. The maximum absolute atomic E-state index is 4.15. The molecule has 70 valence electrons. The van der Waals surface area contributed by atoms with Crippen LogP contribution in [0, 0.1) is 0 Å². The fourth-order valence-electron chi connectivity index (χ4n) is 1.05. The van der Waals surface area contributed by atoms with Crippen LogP contribution in [0.1, 0.15) is 25.3 Å². The quantitative estimate of drug-likeness (QED) is 0.574. The number of unbranched alkanes of at least 4 members (excludes halogenated alkanes) is 1. The summed E-state index contributed by atoms with van der Waals surface area (Å²) in [6.45, 7) is 6.40. The molecule has 0 bridgehead atoms. The predicted molar refractivity (Wildman–Crippen MR) is 60.9 cm³/mol. The van der Waals surface area contributed by atoms with E-state index in [1.54, 1.807) is 0 Å². The first-order chi connectivity index (χ1) is 6.34. The third-order valence-electron chi connectivity index (χ3n) is 1.87. The monoisotopic (exact) mass is 290 g/mol. The van der Waals surface area contributed by atoms with Gasteiger partial charge in [0.1, 0.15) is 0 Å². The molecule has 0 saturated heterocycles. The van der Waals surface area contributed by atoms with Crippen molar-refractivity contribution in [1.29, 1.82) is 0 Å². The molecule has 0 amide bonds. The molecule has 0 unspecified atom stereocenters. The summed E-state index contributed by atoms with van der Waals surface area (Å²) in [5.74, 6) is 0. The normalized spacial score (nSPS) is 9.92. The van der Waals surface area contributed by atoms with Gasteiger partial charge >= 0.3 is 91.3 Å². The van der Waals surface area contributed by atoms with Crippen molar-refractivity contribution in [3.05, 3.63) is 42.5 Å². The molecule has 0 atom stereocenters. The van der Waals surface area contributed by atoms with Gasteiger partial charge in [0.25, 0.3) is 0 Å². The van der Waals surface area contributed by atoms with E-state index in [2.05, 4.69) is 43.8 Å². The molecule has 13 heavy (non-hydrogen) atoms. The van der Waals surface area contributed by atoms with Crippen LogP contribution in [0.3, 0.4) is 0 Å². The van der Waals surface area contributed by atoms with Crippen molar-refractivity contribution in [2.24, 2.45) is 0 Å². The van der Waals surface area contributed by atoms with Crippen LogP contribution in [-0.2, 0) is 0 Å². The molecule has 0 nitrogen and oxygen atoms in total. The van der Waals surface area contributed by atoms with Gasteiger partial charge in [-0.15, -0.1) is 0 Å². The van der Waals surface area contributed by atoms with E-state index in [0.29, 0.717) is 0 Å². The van der Waals surface area contributed by atoms with Crippen LogP contribution >= 0.6 is 0 Å². The second-order valence-corrected chi connectivity index (χ2v) is 6.39. The number of hydrogen-bond acceptors (Lipinski definition) is 0. The van der Waals surface area contributed by atoms with Crippen molar-refractivity contribution >= 4 is 24.5 Å². The summed E-state index contributed by atoms with van der Waals surface area (Å²) >= 11 is 0.00908. The van der Waals surface area contributed by atoms with Crippen LogP contribution < -0.4 is 0 Å². The van der Waals surface area contributed by atoms with Gasteiger partial charge < -0.3 is 0 Å². The first-order valence-electron chi connectivity index (χ1n) is 4.71. The van der Waals surface area contributed by atoms with Gasteiger partial charge in [-0.3, -0.25) is 0 Å². The molecule has 0 radical (unpaired) electrons. The van der Waals surface area contributed by atoms with Gasteiger partial charge in [-0.05, 0) is 0 Å². The topological polar surface area (TPSA) is 0 Å². The molecule has 0 heterocycles. The summed E-state index contributed by atoms with van der Waals surface area (Å²) in [4.78, 5) is 0. The second kappa shape index (κ2) is 6.24. The molecule has 0 aromatic heterocycles. The van der Waals surface area contributed by atoms with Crippen LogP contribution in [0.25, 0.3) is 3.62 Å². The maximum atomic E-state index is 4.15. The molecule has 0 fully saturated rings. The fourth-order valence-corrected chi connectivity index (χ4v) is 3.85. The summed E-state index contributed by atoms with van der Waals surface area (Å²) < 4.78 is 2.80. The zero-order chi connectivity index (χ0) is 9.52. The van der Waals surface area contributed by atoms with E-state index in [0.717, 1.165) is 0 Å². The first kappa shape index (κ1) is 10.8. The Balaban J connectivity index is 2.40. The average molecular weight is 288 g/mol. The third-order valence-corrected chi connectivity index (χ3v) is 4.94. The molecule has 0 aliphatic heterocycles. The summed E-state index contributed by atoms with van der Waals surface area (Å²) in [5, 5.41) is 0. The van der Waals surface area contributed by atoms with E-state index in [9.17, 15) is 0 Å². The van der Waals surface area contributed by atoms with Crippen molar-refractivity contribution in [2.45, 2.75) is 24.2 Å². The summed E-state index contributed by atoms with van der Waals surface area (Å²) in [6.07, 6.45) is 2.68. The zero-order valence-electron chi connectivity index (χ0n) is 8.12. The molecular weight excluding hydrogens is 272 g/mol. The first-order valence-corrected chi connectivity index (χ1v) is 7.53. The van der Waals surface area contributed by atoms with Gasteiger partial charge in [0.05, 0.1) is 0 Å². The van der Waals surface area contributed by atoms with E-state index in [1.165, 1.54) is 26.5 Å². The van der Waals surface area contributed by atoms with Gasteiger partial charge in [0, 0.05) is 0 Å². The summed E-state index contributed by atoms with van der Waals surface area (Å²) in [6, 6.07) is 10.6. The van der Waals surface area contributed by atoms with Crippen LogP contribution in [0.4, 0.5) is 0 Å². The zero-order valence-corrected chi connectivity index (χ0v) is 10.5. The Hall–Kier alpha value is -0.250. The van der Waals surface area contributed by atoms with E-state index < -0.39 is 0 Å². The Morgan fingerprint density at radius 3 is 2.62 bits per heavy atom. The molecule has 1 rings (SSSR count). The van der Waals surface area contributed by atoms with Crippen molar-refractivity contribution in [2.75, 3.05) is 0 Å². The summed E-state index contributed by atoms with van der Waals surface area (Å²) in [5.41, 5.74) is 1.35. The minimum atomic E-state index is 0.00908. The molecule has 1 aromatic rings. The van der Waals surface area contributed by atoms with Gasteiger partial charge in [-0.1, -0.05) is 0 Å². The average Bonchev–Trinajstić information content (AvgIpc) is 2.19. The molecule has 1 aromatic carbocycles. The number of benzene rings is 1. The SMILES string of the molecule is C=C([Te]CCCC)c1ccccc1. The fraction of sp³-hybridized carbons (Fsp3) is 0.333. The Bertz CT molecular complexity index is 251. The van der Waals surface area contributed by atoms with E-state index in [1.807, 2.05) is 0 Å². The van der Waals surface area contributed by atoms with E-state index in [4.69, 9.17) is 0 Å². The second-order valence-electron chi connectivity index (χ2n) is 2.99. The number of hydrogen-bond donors (Lipinski definition) is 0. The van der Waals surface area contributed by atoms with E-state index in [-0.39, 0.29) is 20.9 Å². The minimum absolute atomic E-state index is 0.00908. The molecule has 0 spiro atoms. The molecule has 0 N–H and O–H groups in total. The van der Waals surface area contributed by atoms with Gasteiger partial charge in [0.2, 0.25) is 0 Å². The van der Waals surface area contributed by atoms with Crippen molar-refractivity contribution in [1.82, 2.24) is 0 Å². The molecule has 0 aliphatic rings. The van der Waals surface area contributed by atoms with Crippen LogP contribution in [0.2, 0.25) is 4.47 Å². The van der Waals surface area contributed by atoms with E-state index >= 15 is 0 Å². The Labute approximate surface area is 91.1 Å². The van der Waals surface area contributed by atoms with Crippen molar-refractivity contribution in [3.63, 3.8) is 0 Å². The van der Waals surface area contributed by atoms with Crippen molar-refractivity contribution < 1.29 is 0 Å². The van der Waals surface area contributed by atoms with Gasteiger partial charge in [0.15, 0.2) is 0 Å². The van der Waals surface area contributed by atoms with Crippen LogP contribution in [0.5, 0.6) is 0 Å². The van der Waals surface area contributed by atoms with Gasteiger partial charge in [-0.25, -0.2) is 0 Å². The Morgan fingerprint density at radius 2 is 2.00 bits per heavy atom. The standard InChI is InChI=1S/C12H16Te/c1-3-4-10-13-11(2)12-8-6-5-7-9-12/h5-9H,2-4,10H2,1H3. The molecular formula is C12H16Te. The molecule has 0 aliphatic carbocycles. The van der Waals surface area contributed by atoms with Crippen molar-refractivity contribution in [3.8, 4) is 0 Å². The molecule has 1 heteroatoms. The van der Waals surface area contributed by atoms with Crippen LogP contribution in [-0.4, -0.2) is 20.9 Å².